The minimum absolute atomic E-state index is 0.263. The van der Waals surface area contributed by atoms with Gasteiger partial charge in [-0.3, -0.25) is 9.78 Å². The predicted octanol–water partition coefficient (Wildman–Crippen LogP) is 5.19. The number of hydrogen-bond acceptors (Lipinski definition) is 4. The van der Waals surface area contributed by atoms with Crippen LogP contribution in [0.25, 0.3) is 22.0 Å². The number of aromatic nitrogens is 1. The Balaban J connectivity index is 1.23. The van der Waals surface area contributed by atoms with Crippen LogP contribution in [0.5, 0.6) is 5.75 Å². The number of rotatable bonds is 2. The third-order valence-corrected chi connectivity index (χ3v) is 7.02. The summed E-state index contributed by atoms with van der Waals surface area (Å²) in [5.41, 5.74) is 3.78. The van der Waals surface area contributed by atoms with E-state index in [0.717, 1.165) is 46.2 Å². The highest BCUT2D eigenvalue weighted by molar-refractivity contribution is 6.37. The Morgan fingerprint density at radius 3 is 2.77 bits per heavy atom. The summed E-state index contributed by atoms with van der Waals surface area (Å²) < 4.78 is 12.6. The molecule has 0 atom stereocenters. The Bertz CT molecular complexity index is 1180. The number of amides is 1. The average Bonchev–Trinajstić information content (AvgIpc) is 3.65. The van der Waals surface area contributed by atoms with Crippen molar-refractivity contribution >= 4 is 28.4 Å². The minimum atomic E-state index is -0.626. The smallest absolute Gasteiger partial charge is 0.225 e. The quantitative estimate of drug-likeness (QED) is 0.556. The van der Waals surface area contributed by atoms with E-state index in [0.29, 0.717) is 43.5 Å². The van der Waals surface area contributed by atoms with Crippen LogP contribution in [0.15, 0.2) is 48.7 Å². The van der Waals surface area contributed by atoms with Gasteiger partial charge in [0.25, 0.3) is 0 Å². The van der Waals surface area contributed by atoms with Crippen molar-refractivity contribution in [3.63, 3.8) is 0 Å². The van der Waals surface area contributed by atoms with Crippen molar-refractivity contribution in [1.29, 1.82) is 0 Å². The molecule has 2 aliphatic heterocycles. The molecule has 0 N–H and O–H groups in total. The maximum Gasteiger partial charge on any atom is 0.225 e. The molecule has 0 radical (unpaired) electrons. The van der Waals surface area contributed by atoms with Crippen LogP contribution in [0.2, 0.25) is 5.02 Å². The zero-order valence-electron chi connectivity index (χ0n) is 17.1. The summed E-state index contributed by atoms with van der Waals surface area (Å²) in [6.45, 7) is 1.88. The number of ether oxygens (including phenoxy) is 2. The van der Waals surface area contributed by atoms with Gasteiger partial charge in [-0.05, 0) is 36.6 Å². The van der Waals surface area contributed by atoms with Crippen molar-refractivity contribution < 1.29 is 14.3 Å². The third kappa shape index (κ3) is 3.36. The van der Waals surface area contributed by atoms with Crippen LogP contribution < -0.4 is 4.74 Å². The zero-order chi connectivity index (χ0) is 21.0. The second kappa shape index (κ2) is 7.21. The fourth-order valence-electron chi connectivity index (χ4n) is 4.63. The predicted molar refractivity (Wildman–Crippen MR) is 119 cm³/mol. The molecular formula is C25H23ClN2O3. The molecule has 1 saturated heterocycles. The molecule has 3 aromatic rings. The summed E-state index contributed by atoms with van der Waals surface area (Å²) in [6.07, 6.45) is 5.25. The molecule has 1 amide bonds. The Morgan fingerprint density at radius 2 is 1.97 bits per heavy atom. The molecule has 2 aromatic carbocycles. The lowest BCUT2D eigenvalue weighted by Gasteiger charge is -2.44. The number of fused-ring (bicyclic) bond motifs is 2. The van der Waals surface area contributed by atoms with Crippen molar-refractivity contribution in [3.8, 4) is 16.9 Å². The molecule has 1 spiro atoms. The zero-order valence-corrected chi connectivity index (χ0v) is 17.9. The summed E-state index contributed by atoms with van der Waals surface area (Å²) >= 11 is 6.68. The van der Waals surface area contributed by atoms with Crippen molar-refractivity contribution in [2.45, 2.75) is 38.1 Å². The molecule has 158 valence electrons. The van der Waals surface area contributed by atoms with E-state index in [4.69, 9.17) is 21.1 Å². The second-order valence-electron chi connectivity index (χ2n) is 8.73. The summed E-state index contributed by atoms with van der Waals surface area (Å²) in [4.78, 5) is 18.8. The van der Waals surface area contributed by atoms with E-state index in [2.05, 4.69) is 11.1 Å². The van der Waals surface area contributed by atoms with Crippen LogP contribution in [-0.2, 0) is 16.1 Å². The number of halogens is 1. The summed E-state index contributed by atoms with van der Waals surface area (Å²) in [5.74, 6) is 0.794. The molecule has 1 aromatic heterocycles. The first-order chi connectivity index (χ1) is 15.1. The fraction of sp³-hybridized carbons (Fsp3) is 0.360. The normalized spacial score (nSPS) is 19.8. The minimum Gasteiger partial charge on any atom is -0.462 e. The van der Waals surface area contributed by atoms with E-state index in [9.17, 15) is 4.79 Å². The van der Waals surface area contributed by atoms with Gasteiger partial charge >= 0.3 is 0 Å². The second-order valence-corrected chi connectivity index (χ2v) is 9.10. The molecule has 6 rings (SSSR count). The topological polar surface area (TPSA) is 51.7 Å². The maximum absolute atomic E-state index is 12.3. The largest absolute Gasteiger partial charge is 0.462 e. The fourth-order valence-corrected chi connectivity index (χ4v) is 4.96. The molecule has 6 heteroatoms. The van der Waals surface area contributed by atoms with E-state index in [1.165, 1.54) is 0 Å². The van der Waals surface area contributed by atoms with Gasteiger partial charge in [0.05, 0.1) is 17.1 Å². The molecule has 1 aliphatic carbocycles. The lowest BCUT2D eigenvalue weighted by atomic mass is 9.98. The van der Waals surface area contributed by atoms with Gasteiger partial charge in [0.1, 0.15) is 5.75 Å². The Kier molecular flexibility index (Phi) is 4.44. The van der Waals surface area contributed by atoms with Crippen LogP contribution in [0, 0.1) is 5.92 Å². The van der Waals surface area contributed by atoms with Crippen LogP contribution in [-0.4, -0.2) is 34.7 Å². The Labute approximate surface area is 185 Å². The van der Waals surface area contributed by atoms with Gasteiger partial charge in [-0.15, -0.1) is 0 Å². The monoisotopic (exact) mass is 434 g/mol. The number of carbonyl (C=O) groups excluding carboxylic acids is 1. The van der Waals surface area contributed by atoms with E-state index in [-0.39, 0.29) is 5.92 Å². The van der Waals surface area contributed by atoms with Gasteiger partial charge in [-0.1, -0.05) is 35.9 Å². The lowest BCUT2D eigenvalue weighted by molar-refractivity contribution is -0.227. The molecule has 2 fully saturated rings. The number of piperidine rings is 1. The Hall–Kier alpha value is -2.63. The standard InChI is InChI=1S/C25H23ClN2O3/c26-22-20(7-5-16-2-1-11-27-23(16)22)18-6-8-21-19(14-18)15-30-25(31-21)9-12-28(13-10-25)24(29)17-3-4-17/h1-2,5-8,11,14,17H,3-4,9-10,12-13,15H2. The molecule has 3 aliphatic rings. The molecular weight excluding hydrogens is 412 g/mol. The van der Waals surface area contributed by atoms with Gasteiger partial charge in [-0.25, -0.2) is 0 Å². The van der Waals surface area contributed by atoms with E-state index >= 15 is 0 Å². The van der Waals surface area contributed by atoms with Gasteiger partial charge in [-0.2, -0.15) is 0 Å². The first-order valence-electron chi connectivity index (χ1n) is 10.9. The SMILES string of the molecule is O=C(C1CC1)N1CCC2(CC1)OCc1cc(-c3ccc4cccnc4c3Cl)ccc1O2. The van der Waals surface area contributed by atoms with E-state index < -0.39 is 5.79 Å². The molecule has 5 nitrogen and oxygen atoms in total. The first kappa shape index (κ1) is 19.1. The number of likely N-dealkylation sites (tertiary alicyclic amines) is 1. The van der Waals surface area contributed by atoms with E-state index in [1.807, 2.05) is 41.3 Å². The number of hydrogen-bond donors (Lipinski definition) is 0. The van der Waals surface area contributed by atoms with Gasteiger partial charge in [0, 0.05) is 54.6 Å². The van der Waals surface area contributed by atoms with Crippen LogP contribution in [0.1, 0.15) is 31.2 Å². The highest BCUT2D eigenvalue weighted by atomic mass is 35.5. The van der Waals surface area contributed by atoms with Gasteiger partial charge in [0.15, 0.2) is 0 Å². The molecule has 0 bridgehead atoms. The maximum atomic E-state index is 12.3. The number of nitrogens with zero attached hydrogens (tertiary/aromatic N) is 2. The van der Waals surface area contributed by atoms with Gasteiger partial charge < -0.3 is 14.4 Å². The number of carbonyl (C=O) groups is 1. The molecule has 0 unspecified atom stereocenters. The van der Waals surface area contributed by atoms with Gasteiger partial charge in [0.2, 0.25) is 11.7 Å². The van der Waals surface area contributed by atoms with Crippen molar-refractivity contribution in [2.75, 3.05) is 13.1 Å². The highest BCUT2D eigenvalue weighted by Gasteiger charge is 2.44. The number of pyridine rings is 1. The van der Waals surface area contributed by atoms with E-state index in [1.54, 1.807) is 6.20 Å². The lowest BCUT2D eigenvalue weighted by Crippen LogP contribution is -2.52. The Morgan fingerprint density at radius 1 is 1.13 bits per heavy atom. The summed E-state index contributed by atoms with van der Waals surface area (Å²) in [6, 6.07) is 14.1. The van der Waals surface area contributed by atoms with Crippen molar-refractivity contribution in [3.05, 3.63) is 59.2 Å². The third-order valence-electron chi connectivity index (χ3n) is 6.63. The molecule has 3 heterocycles. The highest BCUT2D eigenvalue weighted by Crippen LogP contribution is 2.41. The van der Waals surface area contributed by atoms with Crippen LogP contribution in [0.4, 0.5) is 0 Å². The van der Waals surface area contributed by atoms with Crippen LogP contribution in [0.3, 0.4) is 0 Å². The van der Waals surface area contributed by atoms with Crippen molar-refractivity contribution in [2.24, 2.45) is 5.92 Å². The summed E-state index contributed by atoms with van der Waals surface area (Å²) in [5, 5.41) is 1.68. The summed E-state index contributed by atoms with van der Waals surface area (Å²) in [7, 11) is 0. The number of benzene rings is 2. The molecule has 1 saturated carbocycles. The van der Waals surface area contributed by atoms with Crippen molar-refractivity contribution in [1.82, 2.24) is 9.88 Å². The average molecular weight is 435 g/mol. The molecule has 31 heavy (non-hydrogen) atoms. The van der Waals surface area contributed by atoms with Crippen LogP contribution >= 0.6 is 11.6 Å². The first-order valence-corrected chi connectivity index (χ1v) is 11.3.